The molecule has 4 rings (SSSR count). The van der Waals surface area contributed by atoms with Crippen molar-refractivity contribution in [2.45, 2.75) is 78.0 Å². The van der Waals surface area contributed by atoms with E-state index >= 15 is 0 Å². The van der Waals surface area contributed by atoms with E-state index in [1.807, 2.05) is 32.0 Å². The normalized spacial score (nSPS) is 12.1. The zero-order valence-electron chi connectivity index (χ0n) is 27.5. The van der Waals surface area contributed by atoms with Crippen molar-refractivity contribution in [2.24, 2.45) is 0 Å². The molecule has 0 aliphatic carbocycles. The van der Waals surface area contributed by atoms with Crippen LogP contribution in [0.3, 0.4) is 0 Å². The van der Waals surface area contributed by atoms with E-state index in [1.165, 1.54) is 7.11 Å². The molecule has 12 heteroatoms. The van der Waals surface area contributed by atoms with E-state index in [0.717, 1.165) is 27.5 Å². The average molecular weight is 654 g/mol. The van der Waals surface area contributed by atoms with E-state index in [9.17, 15) is 23.4 Å². The van der Waals surface area contributed by atoms with Crippen LogP contribution >= 0.6 is 0 Å². The first-order valence-corrected chi connectivity index (χ1v) is 16.6. The minimum absolute atomic E-state index is 0.0412. The molecule has 2 aromatic carbocycles. The zero-order valence-corrected chi connectivity index (χ0v) is 28.3. The summed E-state index contributed by atoms with van der Waals surface area (Å²) >= 11 is 0. The fourth-order valence-electron chi connectivity index (χ4n) is 5.50. The van der Waals surface area contributed by atoms with Crippen molar-refractivity contribution in [1.82, 2.24) is 9.72 Å². The van der Waals surface area contributed by atoms with Gasteiger partial charge in [0.05, 0.1) is 17.1 Å². The maximum Gasteiger partial charge on any atom is 0.352 e. The van der Waals surface area contributed by atoms with Crippen LogP contribution in [0.4, 0.5) is 5.82 Å². The number of aryl methyl sites for hydroxylation is 2. The van der Waals surface area contributed by atoms with E-state index in [4.69, 9.17) is 14.0 Å². The Kier molecular flexibility index (Phi) is 10.8. The van der Waals surface area contributed by atoms with Crippen LogP contribution in [0.2, 0.25) is 0 Å². The Bertz CT molecular complexity index is 1800. The lowest BCUT2D eigenvalue weighted by Crippen LogP contribution is -2.34. The number of nitrogens with zero attached hydrogens (tertiary/aromatic N) is 3. The fourth-order valence-corrected chi connectivity index (χ4v) is 7.08. The van der Waals surface area contributed by atoms with E-state index < -0.39 is 21.6 Å². The van der Waals surface area contributed by atoms with Gasteiger partial charge in [0, 0.05) is 42.6 Å². The number of aliphatic hydroxyl groups is 1. The first-order chi connectivity index (χ1) is 21.8. The van der Waals surface area contributed by atoms with E-state index in [-0.39, 0.29) is 36.3 Å². The molecule has 0 aliphatic heterocycles. The van der Waals surface area contributed by atoms with Gasteiger partial charge in [-0.25, -0.2) is 17.5 Å². The van der Waals surface area contributed by atoms with Crippen molar-refractivity contribution in [3.63, 3.8) is 0 Å². The Morgan fingerprint density at radius 3 is 2.39 bits per heavy atom. The number of benzene rings is 2. The van der Waals surface area contributed by atoms with Gasteiger partial charge in [0.2, 0.25) is 0 Å². The topological polar surface area (TPSA) is 144 Å². The molecule has 0 spiro atoms. The predicted octanol–water partition coefficient (Wildman–Crippen LogP) is 6.02. The number of methoxy groups -OCH3 is 1. The van der Waals surface area contributed by atoms with Crippen LogP contribution in [-0.4, -0.2) is 54.8 Å². The van der Waals surface area contributed by atoms with Gasteiger partial charge in [0.15, 0.2) is 5.82 Å². The molecule has 0 fully saturated rings. The number of carboxylic acids is 1. The number of aromatic nitrogens is 2. The van der Waals surface area contributed by atoms with Crippen LogP contribution in [0, 0.1) is 13.8 Å². The van der Waals surface area contributed by atoms with Crippen LogP contribution in [0.1, 0.15) is 78.3 Å². The van der Waals surface area contributed by atoms with Gasteiger partial charge < -0.3 is 28.8 Å². The number of anilines is 1. The largest absolute Gasteiger partial charge is 0.477 e. The number of carbonyl (C=O) groups is 1. The number of hydrogen-bond donors (Lipinski definition) is 2. The molecule has 0 aliphatic rings. The van der Waals surface area contributed by atoms with Crippen molar-refractivity contribution in [2.75, 3.05) is 24.8 Å². The lowest BCUT2D eigenvalue weighted by Gasteiger charge is -2.24. The molecule has 0 saturated heterocycles. The predicted molar refractivity (Wildman–Crippen MR) is 174 cm³/mol. The van der Waals surface area contributed by atoms with Crippen molar-refractivity contribution < 1.29 is 37.4 Å². The average Bonchev–Trinajstić information content (AvgIpc) is 3.54. The zero-order chi connectivity index (χ0) is 33.8. The number of aromatic carboxylic acids is 1. The lowest BCUT2D eigenvalue weighted by molar-refractivity contribution is 0.0618. The number of carboxylic acid groups (broad SMARTS) is 1. The van der Waals surface area contributed by atoms with Crippen molar-refractivity contribution in [3.8, 4) is 11.1 Å². The van der Waals surface area contributed by atoms with Crippen LogP contribution in [0.5, 0.6) is 0 Å². The summed E-state index contributed by atoms with van der Waals surface area (Å²) in [6.45, 7) is 11.1. The maximum absolute atomic E-state index is 14.2. The molecule has 0 amide bonds. The molecule has 0 bridgehead atoms. The lowest BCUT2D eigenvalue weighted by atomic mass is 9.97. The summed E-state index contributed by atoms with van der Waals surface area (Å²) < 4.78 is 47.7. The molecule has 0 radical (unpaired) electrons. The fraction of sp³-hybridized carbons (Fsp3) is 0.412. The Morgan fingerprint density at radius 2 is 1.80 bits per heavy atom. The smallest absolute Gasteiger partial charge is 0.352 e. The van der Waals surface area contributed by atoms with Crippen LogP contribution in [0.25, 0.3) is 11.1 Å². The van der Waals surface area contributed by atoms with E-state index in [1.54, 1.807) is 62.6 Å². The Labute approximate surface area is 270 Å². The molecular weight excluding hydrogens is 610 g/mol. The van der Waals surface area contributed by atoms with Gasteiger partial charge in [-0.3, -0.25) is 0 Å². The highest BCUT2D eigenvalue weighted by Crippen LogP contribution is 2.36. The summed E-state index contributed by atoms with van der Waals surface area (Å²) in [5.74, 6) is -0.476. The van der Waals surface area contributed by atoms with Gasteiger partial charge in [0.25, 0.3) is 10.0 Å². The first kappa shape index (κ1) is 34.9. The van der Waals surface area contributed by atoms with Gasteiger partial charge >= 0.3 is 5.97 Å². The van der Waals surface area contributed by atoms with Gasteiger partial charge in [-0.2, -0.15) is 0 Å². The monoisotopic (exact) mass is 653 g/mol. The van der Waals surface area contributed by atoms with Gasteiger partial charge in [-0.05, 0) is 69.9 Å². The standard InChI is InChI=1S/C34H43N3O8S/c1-8-12-26-18-29(34(5,6)40)31(33(38)39)36(26)19-24-15-16-27(25(17-24)20-44-9-2)28-13-10-11-14-30(28)46(41,42)37(21-43-7)32-22(3)23(4)45-35-32/h10-11,13-18,40H,8-9,12,19-21H2,1-7H3,(H,38,39). The minimum Gasteiger partial charge on any atom is -0.477 e. The van der Waals surface area contributed by atoms with Gasteiger partial charge in [0.1, 0.15) is 18.2 Å². The Hall–Kier alpha value is -3.97. The molecule has 248 valence electrons. The summed E-state index contributed by atoms with van der Waals surface area (Å²) in [4.78, 5) is 12.5. The third-order valence-corrected chi connectivity index (χ3v) is 9.65. The van der Waals surface area contributed by atoms with Gasteiger partial charge in [-0.1, -0.05) is 54.9 Å². The number of hydrogen-bond acceptors (Lipinski definition) is 8. The quantitative estimate of drug-likeness (QED) is 0.147. The third-order valence-electron chi connectivity index (χ3n) is 7.88. The summed E-state index contributed by atoms with van der Waals surface area (Å²) in [5.41, 5.74) is 3.08. The molecule has 2 heterocycles. The Balaban J connectivity index is 1.86. The van der Waals surface area contributed by atoms with Crippen molar-refractivity contribution in [1.29, 1.82) is 0 Å². The molecule has 11 nitrogen and oxygen atoms in total. The van der Waals surface area contributed by atoms with Crippen LogP contribution in [-0.2, 0) is 44.7 Å². The van der Waals surface area contributed by atoms with Gasteiger partial charge in [-0.15, -0.1) is 0 Å². The molecule has 46 heavy (non-hydrogen) atoms. The number of rotatable bonds is 15. The van der Waals surface area contributed by atoms with Crippen LogP contribution < -0.4 is 4.31 Å². The molecule has 4 aromatic rings. The molecule has 2 N–H and O–H groups in total. The highest BCUT2D eigenvalue weighted by molar-refractivity contribution is 7.93. The van der Waals surface area contributed by atoms with Crippen molar-refractivity contribution >= 4 is 21.8 Å². The summed E-state index contributed by atoms with van der Waals surface area (Å²) in [6, 6.07) is 14.1. The highest BCUT2D eigenvalue weighted by atomic mass is 32.2. The minimum atomic E-state index is -4.19. The molecule has 0 atom stereocenters. The third kappa shape index (κ3) is 7.05. The molecular formula is C34H43N3O8S. The first-order valence-electron chi connectivity index (χ1n) is 15.2. The van der Waals surface area contributed by atoms with Crippen molar-refractivity contribution in [3.05, 3.63) is 87.9 Å². The number of sulfonamides is 1. The second-order valence-electron chi connectivity index (χ2n) is 11.7. The SMILES string of the molecule is CCCc1cc(C(C)(C)O)c(C(=O)O)n1Cc1ccc(-c2ccccc2S(=O)(=O)N(COC)c2noc(C)c2C)c(COCC)c1. The molecule has 2 aromatic heterocycles. The highest BCUT2D eigenvalue weighted by Gasteiger charge is 2.33. The second kappa shape index (κ2) is 14.2. The summed E-state index contributed by atoms with van der Waals surface area (Å²) in [5, 5.41) is 25.0. The van der Waals surface area contributed by atoms with E-state index in [2.05, 4.69) is 5.16 Å². The van der Waals surface area contributed by atoms with Crippen LogP contribution in [0.15, 0.2) is 57.9 Å². The van der Waals surface area contributed by atoms with E-state index in [0.29, 0.717) is 41.0 Å². The summed E-state index contributed by atoms with van der Waals surface area (Å²) in [7, 11) is -2.78. The molecule has 0 saturated carbocycles. The number of ether oxygens (including phenoxy) is 2. The second-order valence-corrected chi connectivity index (χ2v) is 13.5. The summed E-state index contributed by atoms with van der Waals surface area (Å²) in [6.07, 6.45) is 1.43. The molecule has 0 unspecified atom stereocenters. The Morgan fingerprint density at radius 1 is 1.09 bits per heavy atom. The maximum atomic E-state index is 14.2.